The molecule has 0 amide bonds. The van der Waals surface area contributed by atoms with Crippen LogP contribution in [0.4, 0.5) is 0 Å². The molecule has 0 unspecified atom stereocenters. The summed E-state index contributed by atoms with van der Waals surface area (Å²) in [5.41, 5.74) is 5.38. The summed E-state index contributed by atoms with van der Waals surface area (Å²) in [4.78, 5) is 10.3. The Morgan fingerprint density at radius 2 is 1.18 bits per heavy atom. The molecule has 0 aliphatic heterocycles. The Morgan fingerprint density at radius 1 is 0.545 bits per heavy atom. The molecule has 4 heterocycles. The summed E-state index contributed by atoms with van der Waals surface area (Å²) in [5.74, 6) is 0. The molecule has 0 saturated heterocycles. The van der Waals surface area contributed by atoms with Gasteiger partial charge in [0.15, 0.2) is 0 Å². The second-order valence-corrected chi connectivity index (χ2v) is 13.5. The first-order valence-electron chi connectivity index (χ1n) is 14.5. The van der Waals surface area contributed by atoms with Crippen LogP contribution in [0, 0.1) is 0 Å². The lowest BCUT2D eigenvalue weighted by molar-refractivity contribution is 1.18. The van der Waals surface area contributed by atoms with Crippen LogP contribution in [0.1, 0.15) is 0 Å². The predicted octanol–water partition coefficient (Wildman–Crippen LogP) is 11.8. The lowest BCUT2D eigenvalue weighted by Gasteiger charge is -2.12. The van der Waals surface area contributed by atoms with Crippen LogP contribution < -0.4 is 0 Å². The Labute approximate surface area is 264 Å². The van der Waals surface area contributed by atoms with Gasteiger partial charge in [-0.05, 0) is 52.7 Å². The van der Waals surface area contributed by atoms with E-state index in [1.54, 1.807) is 11.3 Å². The maximum absolute atomic E-state index is 6.54. The van der Waals surface area contributed by atoms with Gasteiger partial charge >= 0.3 is 0 Å². The Balaban J connectivity index is 1.36. The number of para-hydroxylation sites is 1. The molecule has 0 bridgehead atoms. The topological polar surface area (TPSA) is 30.7 Å². The summed E-state index contributed by atoms with van der Waals surface area (Å²) in [5, 5.41) is 10.2. The van der Waals surface area contributed by atoms with Crippen molar-refractivity contribution >= 4 is 107 Å². The van der Waals surface area contributed by atoms with Crippen LogP contribution in [0.2, 0.25) is 5.28 Å². The van der Waals surface area contributed by atoms with Crippen LogP contribution in [0.25, 0.3) is 90.0 Å². The van der Waals surface area contributed by atoms with Crippen molar-refractivity contribution in [1.82, 2.24) is 14.5 Å². The fraction of sp³-hybridized carbons (Fsp3) is 0. The van der Waals surface area contributed by atoms with Gasteiger partial charge in [-0.2, -0.15) is 0 Å². The van der Waals surface area contributed by atoms with Crippen LogP contribution in [0.5, 0.6) is 0 Å². The van der Waals surface area contributed by atoms with Gasteiger partial charge in [-0.3, -0.25) is 0 Å². The number of hydrogen-bond donors (Lipinski definition) is 0. The van der Waals surface area contributed by atoms with Crippen molar-refractivity contribution in [1.29, 1.82) is 0 Å². The van der Waals surface area contributed by atoms with Crippen molar-refractivity contribution in [2.24, 2.45) is 0 Å². The largest absolute Gasteiger partial charge is 0.308 e. The molecule has 206 valence electrons. The lowest BCUT2D eigenvalue weighted by atomic mass is 9.99. The normalized spacial score (nSPS) is 12.2. The molecule has 6 heteroatoms. The van der Waals surface area contributed by atoms with E-state index in [2.05, 4.69) is 131 Å². The van der Waals surface area contributed by atoms with Gasteiger partial charge in [-0.25, -0.2) is 9.97 Å². The van der Waals surface area contributed by atoms with Crippen molar-refractivity contribution in [2.75, 3.05) is 0 Å². The van der Waals surface area contributed by atoms with Crippen LogP contribution in [0.15, 0.2) is 121 Å². The van der Waals surface area contributed by atoms with Gasteiger partial charge in [0.2, 0.25) is 5.28 Å². The molecule has 0 radical (unpaired) electrons. The van der Waals surface area contributed by atoms with Crippen molar-refractivity contribution in [3.63, 3.8) is 0 Å². The predicted molar refractivity (Wildman–Crippen MR) is 190 cm³/mol. The van der Waals surface area contributed by atoms with Crippen LogP contribution in [-0.2, 0) is 0 Å². The minimum atomic E-state index is 0.264. The Morgan fingerprint density at radius 3 is 1.98 bits per heavy atom. The standard InChI is InChI=1S/C38H20ClN3S2/c39-38-40-34(33-27-16-5-8-19-30(27)44-37(33)41-38)21-10-9-11-22(20-21)42-28-17-6-3-14-25(28)31-23-12-1-2-13-24(23)32-26-15-4-7-18-29(26)43-36(32)35(31)42/h1-20H. The van der Waals surface area contributed by atoms with E-state index in [9.17, 15) is 0 Å². The zero-order chi connectivity index (χ0) is 28.9. The highest BCUT2D eigenvalue weighted by atomic mass is 35.5. The quantitative estimate of drug-likeness (QED) is 0.181. The molecule has 0 atom stereocenters. The summed E-state index contributed by atoms with van der Waals surface area (Å²) in [7, 11) is 0. The lowest BCUT2D eigenvalue weighted by Crippen LogP contribution is -1.96. The van der Waals surface area contributed by atoms with Crippen molar-refractivity contribution in [3.05, 3.63) is 127 Å². The zero-order valence-electron chi connectivity index (χ0n) is 23.1. The molecule has 10 aromatic rings. The number of halogens is 1. The third kappa shape index (κ3) is 3.32. The SMILES string of the molecule is Clc1nc(-c2cccc(-n3c4ccccc4c4c5ccccc5c5c6ccccc6sc5c43)c2)c2c(n1)sc1ccccc12. The Bertz CT molecular complexity index is 2800. The van der Waals surface area contributed by atoms with Crippen molar-refractivity contribution in [3.8, 4) is 16.9 Å². The molecule has 6 aromatic carbocycles. The fourth-order valence-corrected chi connectivity index (χ4v) is 9.55. The van der Waals surface area contributed by atoms with Crippen LogP contribution >= 0.6 is 34.3 Å². The monoisotopic (exact) mass is 617 g/mol. The van der Waals surface area contributed by atoms with E-state index in [4.69, 9.17) is 16.6 Å². The maximum Gasteiger partial charge on any atom is 0.224 e. The number of benzene rings is 6. The van der Waals surface area contributed by atoms with Crippen molar-refractivity contribution < 1.29 is 0 Å². The molecule has 0 saturated carbocycles. The molecule has 4 aromatic heterocycles. The smallest absolute Gasteiger partial charge is 0.224 e. The van der Waals surface area contributed by atoms with Gasteiger partial charge in [0.05, 0.1) is 21.4 Å². The highest BCUT2D eigenvalue weighted by Gasteiger charge is 2.22. The molecule has 10 rings (SSSR count). The van der Waals surface area contributed by atoms with E-state index in [1.165, 1.54) is 57.5 Å². The van der Waals surface area contributed by atoms with Crippen LogP contribution in [0.3, 0.4) is 0 Å². The number of nitrogens with zero attached hydrogens (tertiary/aromatic N) is 3. The fourth-order valence-electron chi connectivity index (χ4n) is 6.99. The van der Waals surface area contributed by atoms with Gasteiger partial charge in [0, 0.05) is 53.0 Å². The van der Waals surface area contributed by atoms with Gasteiger partial charge in [-0.1, -0.05) is 91.0 Å². The zero-order valence-corrected chi connectivity index (χ0v) is 25.5. The number of thiophene rings is 2. The second-order valence-electron chi connectivity index (χ2n) is 11.1. The third-order valence-corrected chi connectivity index (χ3v) is 11.2. The average molecular weight is 618 g/mol. The summed E-state index contributed by atoms with van der Waals surface area (Å²) in [6.45, 7) is 0. The molecule has 0 aliphatic rings. The van der Waals surface area contributed by atoms with Gasteiger partial charge < -0.3 is 4.57 Å². The molecule has 0 fully saturated rings. The Hall–Kier alpha value is -4.81. The third-order valence-electron chi connectivity index (χ3n) is 8.74. The summed E-state index contributed by atoms with van der Waals surface area (Å²) in [6.07, 6.45) is 0. The first-order valence-corrected chi connectivity index (χ1v) is 16.5. The molecule has 3 nitrogen and oxygen atoms in total. The van der Waals surface area contributed by atoms with E-state index in [1.807, 2.05) is 11.3 Å². The van der Waals surface area contributed by atoms with E-state index in [0.717, 1.165) is 32.5 Å². The number of rotatable bonds is 2. The van der Waals surface area contributed by atoms with E-state index < -0.39 is 0 Å². The summed E-state index contributed by atoms with van der Waals surface area (Å²) < 4.78 is 6.23. The van der Waals surface area contributed by atoms with E-state index >= 15 is 0 Å². The average Bonchev–Trinajstić information content (AvgIpc) is 3.74. The van der Waals surface area contributed by atoms with E-state index in [0.29, 0.717) is 0 Å². The molecule has 0 aliphatic carbocycles. The van der Waals surface area contributed by atoms with Crippen LogP contribution in [-0.4, -0.2) is 14.5 Å². The van der Waals surface area contributed by atoms with E-state index in [-0.39, 0.29) is 5.28 Å². The first-order chi connectivity index (χ1) is 21.7. The summed E-state index contributed by atoms with van der Waals surface area (Å²) in [6, 6.07) is 43.6. The maximum atomic E-state index is 6.54. The highest BCUT2D eigenvalue weighted by Crippen LogP contribution is 2.48. The Kier molecular flexibility index (Phi) is 5.09. The molecular formula is C38H20ClN3S2. The molecule has 0 N–H and O–H groups in total. The molecule has 44 heavy (non-hydrogen) atoms. The van der Waals surface area contributed by atoms with Gasteiger partial charge in [0.25, 0.3) is 0 Å². The molecular weight excluding hydrogens is 598 g/mol. The molecule has 0 spiro atoms. The number of hydrogen-bond acceptors (Lipinski definition) is 4. The minimum Gasteiger partial charge on any atom is -0.308 e. The summed E-state index contributed by atoms with van der Waals surface area (Å²) >= 11 is 10.1. The van der Waals surface area contributed by atoms with Gasteiger partial charge in [0.1, 0.15) is 4.83 Å². The second kappa shape index (κ2) is 9.10. The number of aromatic nitrogens is 3. The van der Waals surface area contributed by atoms with Gasteiger partial charge in [-0.15, -0.1) is 22.7 Å². The number of fused-ring (bicyclic) bond motifs is 13. The highest BCUT2D eigenvalue weighted by molar-refractivity contribution is 7.27. The minimum absolute atomic E-state index is 0.264. The van der Waals surface area contributed by atoms with Crippen molar-refractivity contribution in [2.45, 2.75) is 0 Å². The first kappa shape index (κ1) is 24.6.